The number of hydrogen-bond donors (Lipinski definition) is 0. The average Bonchev–Trinajstić information content (AvgIpc) is 2.61. The second-order valence-corrected chi connectivity index (χ2v) is 11.2. The highest BCUT2D eigenvalue weighted by molar-refractivity contribution is 7.91. The minimum atomic E-state index is -3.12. The maximum absolute atomic E-state index is 12.5. The molecule has 28 heavy (non-hydrogen) atoms. The SMILES string of the molecule is C[C@@H](CS(=O)(=O)CCCOCC(C)(C)C)c1cccc(OC2CCOCC2)c1. The largest absolute Gasteiger partial charge is 0.490 e. The zero-order valence-electron chi connectivity index (χ0n) is 17.8. The van der Waals surface area contributed by atoms with Gasteiger partial charge in [0.05, 0.1) is 31.3 Å². The molecule has 160 valence electrons. The first kappa shape index (κ1) is 23.2. The van der Waals surface area contributed by atoms with E-state index in [1.807, 2.05) is 31.2 Å². The fourth-order valence-electron chi connectivity index (χ4n) is 3.20. The number of rotatable bonds is 10. The summed E-state index contributed by atoms with van der Waals surface area (Å²) in [4.78, 5) is 0. The molecule has 1 aliphatic rings. The number of ether oxygens (including phenoxy) is 3. The van der Waals surface area contributed by atoms with Gasteiger partial charge >= 0.3 is 0 Å². The van der Waals surface area contributed by atoms with Gasteiger partial charge in [0.25, 0.3) is 0 Å². The third-order valence-electron chi connectivity index (χ3n) is 4.68. The van der Waals surface area contributed by atoms with Crippen molar-refractivity contribution in [1.82, 2.24) is 0 Å². The van der Waals surface area contributed by atoms with E-state index in [9.17, 15) is 8.42 Å². The monoisotopic (exact) mass is 412 g/mol. The van der Waals surface area contributed by atoms with Crippen LogP contribution in [0.4, 0.5) is 0 Å². The zero-order chi connectivity index (χ0) is 20.6. The van der Waals surface area contributed by atoms with E-state index in [4.69, 9.17) is 14.2 Å². The first-order valence-electron chi connectivity index (χ1n) is 10.3. The molecule has 1 saturated heterocycles. The van der Waals surface area contributed by atoms with E-state index in [0.29, 0.717) is 19.6 Å². The van der Waals surface area contributed by atoms with E-state index in [0.717, 1.165) is 37.4 Å². The average molecular weight is 413 g/mol. The Bertz CT molecular complexity index is 687. The van der Waals surface area contributed by atoms with Crippen molar-refractivity contribution in [3.8, 4) is 5.75 Å². The molecule has 0 saturated carbocycles. The minimum absolute atomic E-state index is 0.0706. The molecule has 0 bridgehead atoms. The third-order valence-corrected chi connectivity index (χ3v) is 6.60. The van der Waals surface area contributed by atoms with Crippen molar-refractivity contribution < 1.29 is 22.6 Å². The Balaban J connectivity index is 1.82. The molecule has 6 heteroatoms. The Hall–Kier alpha value is -1.11. The molecule has 1 aliphatic heterocycles. The Labute approximate surface area is 170 Å². The van der Waals surface area contributed by atoms with Crippen LogP contribution in [0, 0.1) is 5.41 Å². The van der Waals surface area contributed by atoms with Crippen molar-refractivity contribution >= 4 is 9.84 Å². The lowest BCUT2D eigenvalue weighted by Gasteiger charge is -2.24. The van der Waals surface area contributed by atoms with Crippen molar-refractivity contribution in [2.45, 2.75) is 59.0 Å². The van der Waals surface area contributed by atoms with Gasteiger partial charge in [0.15, 0.2) is 9.84 Å². The third kappa shape index (κ3) is 8.93. The van der Waals surface area contributed by atoms with Crippen molar-refractivity contribution in [3.05, 3.63) is 29.8 Å². The van der Waals surface area contributed by atoms with Gasteiger partial charge in [0.2, 0.25) is 0 Å². The maximum atomic E-state index is 12.5. The molecule has 0 N–H and O–H groups in total. The molecular weight excluding hydrogens is 376 g/mol. The summed E-state index contributed by atoms with van der Waals surface area (Å²) in [6.07, 6.45) is 2.51. The van der Waals surface area contributed by atoms with E-state index in [1.165, 1.54) is 0 Å². The molecule has 0 spiro atoms. The Morgan fingerprint density at radius 2 is 1.93 bits per heavy atom. The van der Waals surface area contributed by atoms with Crippen molar-refractivity contribution in [2.75, 3.05) is 37.9 Å². The van der Waals surface area contributed by atoms with Crippen LogP contribution in [0.25, 0.3) is 0 Å². The van der Waals surface area contributed by atoms with Crippen LogP contribution in [0.2, 0.25) is 0 Å². The number of sulfone groups is 1. The van der Waals surface area contributed by atoms with Crippen LogP contribution in [0.1, 0.15) is 58.4 Å². The Kier molecular flexibility index (Phi) is 8.78. The summed E-state index contributed by atoms with van der Waals surface area (Å²) < 4.78 is 41.9. The topological polar surface area (TPSA) is 61.8 Å². The molecule has 1 heterocycles. The van der Waals surface area contributed by atoms with E-state index >= 15 is 0 Å². The number of benzene rings is 1. The summed E-state index contributed by atoms with van der Waals surface area (Å²) >= 11 is 0. The van der Waals surface area contributed by atoms with Gasteiger partial charge in [0.1, 0.15) is 11.9 Å². The van der Waals surface area contributed by atoms with Crippen molar-refractivity contribution in [1.29, 1.82) is 0 Å². The Morgan fingerprint density at radius 1 is 1.21 bits per heavy atom. The molecule has 1 atom stereocenters. The van der Waals surface area contributed by atoms with Gasteiger partial charge in [-0.15, -0.1) is 0 Å². The fraction of sp³-hybridized carbons (Fsp3) is 0.727. The standard InChI is InChI=1S/C22H36O5S/c1-18(16-28(23,24)14-6-11-26-17-22(2,3)4)19-7-5-8-21(15-19)27-20-9-12-25-13-10-20/h5,7-8,15,18,20H,6,9-14,16-17H2,1-4H3/t18-/m0/s1. The minimum Gasteiger partial charge on any atom is -0.490 e. The highest BCUT2D eigenvalue weighted by Crippen LogP contribution is 2.25. The zero-order valence-corrected chi connectivity index (χ0v) is 18.6. The predicted octanol–water partition coefficient (Wildman–Crippen LogP) is 4.22. The van der Waals surface area contributed by atoms with Crippen LogP contribution in [-0.2, 0) is 19.3 Å². The molecule has 0 aliphatic carbocycles. The van der Waals surface area contributed by atoms with Crippen LogP contribution in [0.15, 0.2) is 24.3 Å². The van der Waals surface area contributed by atoms with Gasteiger partial charge in [-0.1, -0.05) is 39.8 Å². The van der Waals surface area contributed by atoms with Crippen LogP contribution >= 0.6 is 0 Å². The fourth-order valence-corrected chi connectivity index (χ4v) is 4.88. The lowest BCUT2D eigenvalue weighted by molar-refractivity contribution is 0.0255. The summed E-state index contributed by atoms with van der Waals surface area (Å²) in [6, 6.07) is 7.83. The van der Waals surface area contributed by atoms with Crippen LogP contribution < -0.4 is 4.74 Å². The number of hydrogen-bond acceptors (Lipinski definition) is 5. The highest BCUT2D eigenvalue weighted by atomic mass is 32.2. The molecule has 1 fully saturated rings. The van der Waals surface area contributed by atoms with E-state index < -0.39 is 9.84 Å². The second kappa shape index (κ2) is 10.6. The van der Waals surface area contributed by atoms with Crippen LogP contribution in [0.5, 0.6) is 5.75 Å². The van der Waals surface area contributed by atoms with Crippen LogP contribution in [-0.4, -0.2) is 52.5 Å². The predicted molar refractivity (Wildman–Crippen MR) is 113 cm³/mol. The maximum Gasteiger partial charge on any atom is 0.150 e. The molecule has 0 radical (unpaired) electrons. The molecule has 1 aromatic carbocycles. The molecule has 2 rings (SSSR count). The van der Waals surface area contributed by atoms with Gasteiger partial charge in [-0.3, -0.25) is 0 Å². The second-order valence-electron chi connectivity index (χ2n) is 8.98. The molecular formula is C22H36O5S. The van der Waals surface area contributed by atoms with Gasteiger partial charge in [0, 0.05) is 19.4 Å². The molecule has 0 amide bonds. The normalized spacial score (nSPS) is 17.4. The lowest BCUT2D eigenvalue weighted by Crippen LogP contribution is -2.25. The first-order valence-corrected chi connectivity index (χ1v) is 12.1. The summed E-state index contributed by atoms with van der Waals surface area (Å²) in [6.45, 7) is 10.9. The first-order chi connectivity index (χ1) is 13.1. The van der Waals surface area contributed by atoms with Gasteiger partial charge in [-0.25, -0.2) is 8.42 Å². The quantitative estimate of drug-likeness (QED) is 0.539. The molecule has 0 aromatic heterocycles. The Morgan fingerprint density at radius 3 is 2.61 bits per heavy atom. The van der Waals surface area contributed by atoms with Crippen molar-refractivity contribution in [2.24, 2.45) is 5.41 Å². The van der Waals surface area contributed by atoms with E-state index in [2.05, 4.69) is 20.8 Å². The van der Waals surface area contributed by atoms with E-state index in [-0.39, 0.29) is 28.9 Å². The van der Waals surface area contributed by atoms with Crippen LogP contribution in [0.3, 0.4) is 0 Å². The molecule has 5 nitrogen and oxygen atoms in total. The summed E-state index contributed by atoms with van der Waals surface area (Å²) in [5.41, 5.74) is 1.10. The summed E-state index contributed by atoms with van der Waals surface area (Å²) in [5.74, 6) is 1.05. The molecule has 1 aromatic rings. The summed E-state index contributed by atoms with van der Waals surface area (Å²) in [5, 5.41) is 0. The summed E-state index contributed by atoms with van der Waals surface area (Å²) in [7, 11) is -3.12. The van der Waals surface area contributed by atoms with Gasteiger partial charge in [-0.2, -0.15) is 0 Å². The van der Waals surface area contributed by atoms with Gasteiger partial charge < -0.3 is 14.2 Å². The lowest BCUT2D eigenvalue weighted by atomic mass is 9.99. The highest BCUT2D eigenvalue weighted by Gasteiger charge is 2.19. The smallest absolute Gasteiger partial charge is 0.150 e. The van der Waals surface area contributed by atoms with E-state index in [1.54, 1.807) is 0 Å². The molecule has 0 unspecified atom stereocenters. The van der Waals surface area contributed by atoms with Gasteiger partial charge in [-0.05, 0) is 35.4 Å². The van der Waals surface area contributed by atoms with Crippen molar-refractivity contribution in [3.63, 3.8) is 0 Å².